The smallest absolute Gasteiger partial charge is 0.227 e. The van der Waals surface area contributed by atoms with Crippen molar-refractivity contribution in [3.05, 3.63) is 174 Å². The maximum absolute atomic E-state index is 9.90. The van der Waals surface area contributed by atoms with Gasteiger partial charge in [0.15, 0.2) is 11.2 Å². The highest BCUT2D eigenvalue weighted by Gasteiger charge is 2.17. The lowest BCUT2D eigenvalue weighted by molar-refractivity contribution is 0.619. The number of hydrogen-bond acceptors (Lipinski definition) is 7. The maximum atomic E-state index is 9.90. The fourth-order valence-corrected chi connectivity index (χ4v) is 7.36. The lowest BCUT2D eigenvalue weighted by Crippen LogP contribution is -2.09. The van der Waals surface area contributed by atoms with E-state index in [1.807, 2.05) is 79.7 Å². The first-order chi connectivity index (χ1) is 27.5. The minimum absolute atomic E-state index is 0.487. The average molecular weight is 720 g/mol. The van der Waals surface area contributed by atoms with Gasteiger partial charge >= 0.3 is 0 Å². The van der Waals surface area contributed by atoms with Gasteiger partial charge in [0.1, 0.15) is 11.0 Å². The molecule has 0 radical (unpaired) electrons. The van der Waals surface area contributed by atoms with Gasteiger partial charge in [-0.25, -0.2) is 9.97 Å². The van der Waals surface area contributed by atoms with Gasteiger partial charge in [-0.1, -0.05) is 48.5 Å². The minimum atomic E-state index is 0.487. The molecule has 0 spiro atoms. The van der Waals surface area contributed by atoms with Crippen LogP contribution in [0.5, 0.6) is 0 Å². The Kier molecular flexibility index (Phi) is 7.66. The van der Waals surface area contributed by atoms with Crippen LogP contribution in [0.4, 0.5) is 17.1 Å². The topological polar surface area (TPSA) is 103 Å². The van der Waals surface area contributed by atoms with Crippen molar-refractivity contribution in [2.24, 2.45) is 0 Å². The van der Waals surface area contributed by atoms with E-state index in [2.05, 4.69) is 88.8 Å². The number of benzene rings is 8. The van der Waals surface area contributed by atoms with E-state index in [1.54, 1.807) is 18.2 Å². The van der Waals surface area contributed by atoms with Crippen molar-refractivity contribution >= 4 is 60.8 Å². The van der Waals surface area contributed by atoms with Crippen molar-refractivity contribution in [1.82, 2.24) is 9.97 Å². The third-order valence-corrected chi connectivity index (χ3v) is 10.2. The number of nitrogens with zero attached hydrogens (tertiary/aromatic N) is 5. The first-order valence-corrected chi connectivity index (χ1v) is 18.2. The van der Waals surface area contributed by atoms with Crippen LogP contribution in [0.1, 0.15) is 16.7 Å². The SMILES string of the molecule is Cc1ccc2oc(-c3ccc(N(c4ccc(-c5nc6cc(C#N)ccc6o5)cc4)c4ccc5cc(-c6cc(C#N)c7ccccc7c6)ccc5c4)cc3)nc2c1. The summed E-state index contributed by atoms with van der Waals surface area (Å²) in [6.45, 7) is 2.05. The third-order valence-electron chi connectivity index (χ3n) is 10.2. The van der Waals surface area contributed by atoms with Crippen LogP contribution in [0.2, 0.25) is 0 Å². The second-order valence-electron chi connectivity index (χ2n) is 13.8. The van der Waals surface area contributed by atoms with Crippen LogP contribution >= 0.6 is 0 Å². The molecule has 10 rings (SSSR count). The third kappa shape index (κ3) is 5.78. The number of hydrogen-bond donors (Lipinski definition) is 0. The zero-order valence-corrected chi connectivity index (χ0v) is 30.1. The van der Waals surface area contributed by atoms with E-state index in [-0.39, 0.29) is 0 Å². The molecule has 0 unspecified atom stereocenters. The van der Waals surface area contributed by atoms with Crippen LogP contribution in [0.25, 0.3) is 77.8 Å². The van der Waals surface area contributed by atoms with E-state index >= 15 is 0 Å². The van der Waals surface area contributed by atoms with Gasteiger partial charge in [0, 0.05) is 28.2 Å². The summed E-state index contributed by atoms with van der Waals surface area (Å²) >= 11 is 0. The van der Waals surface area contributed by atoms with Gasteiger partial charge in [-0.2, -0.15) is 10.5 Å². The molecule has 262 valence electrons. The summed E-state index contributed by atoms with van der Waals surface area (Å²) in [5.74, 6) is 1.06. The quantitative estimate of drug-likeness (QED) is 0.168. The van der Waals surface area contributed by atoms with Gasteiger partial charge in [0.25, 0.3) is 0 Å². The van der Waals surface area contributed by atoms with Crippen LogP contribution in [0.15, 0.2) is 167 Å². The van der Waals surface area contributed by atoms with E-state index in [0.717, 1.165) is 77.5 Å². The van der Waals surface area contributed by atoms with Crippen LogP contribution in [-0.4, -0.2) is 9.97 Å². The standard InChI is InChI=1S/C49H29N5O2/c1-30-6-20-46-44(22-30)52-48(55-46)32-10-15-40(16-11-32)54(41-17-12-33(13-18-41)49-53-45-23-31(28-50)7-21-47(45)56-49)42-19-14-34-24-35(8-9-36(34)27-42)38-25-37-4-2-3-5-43(37)39(26-38)29-51/h2-27H,1H3. The Bertz CT molecular complexity index is 3240. The molecule has 0 atom stereocenters. The van der Waals surface area contributed by atoms with Crippen molar-refractivity contribution in [3.63, 3.8) is 0 Å². The zero-order valence-electron chi connectivity index (χ0n) is 30.1. The molecule has 10 aromatic rings. The van der Waals surface area contributed by atoms with E-state index in [4.69, 9.17) is 13.8 Å². The molecular formula is C49H29N5O2. The second kappa shape index (κ2) is 13.1. The largest absolute Gasteiger partial charge is 0.436 e. The van der Waals surface area contributed by atoms with Gasteiger partial charge in [0.05, 0.1) is 23.3 Å². The lowest BCUT2D eigenvalue weighted by atomic mass is 9.95. The molecule has 0 saturated carbocycles. The number of anilines is 3. The number of oxazole rings is 2. The second-order valence-corrected chi connectivity index (χ2v) is 13.8. The lowest BCUT2D eigenvalue weighted by Gasteiger charge is -2.26. The molecule has 0 aliphatic heterocycles. The Balaban J connectivity index is 1.04. The molecule has 2 heterocycles. The molecule has 0 aliphatic carbocycles. The molecule has 7 nitrogen and oxygen atoms in total. The molecule has 0 bridgehead atoms. The Morgan fingerprint density at radius 3 is 1.77 bits per heavy atom. The Morgan fingerprint density at radius 1 is 0.482 bits per heavy atom. The highest BCUT2D eigenvalue weighted by Crippen LogP contribution is 2.39. The van der Waals surface area contributed by atoms with Crippen molar-refractivity contribution < 1.29 is 8.83 Å². The highest BCUT2D eigenvalue weighted by molar-refractivity contribution is 5.96. The molecule has 7 heteroatoms. The predicted octanol–water partition coefficient (Wildman–Crippen LogP) is 12.8. The molecular weight excluding hydrogens is 691 g/mol. The van der Waals surface area contributed by atoms with Crippen molar-refractivity contribution in [1.29, 1.82) is 10.5 Å². The normalized spacial score (nSPS) is 11.3. The van der Waals surface area contributed by atoms with Crippen LogP contribution in [0.3, 0.4) is 0 Å². The van der Waals surface area contributed by atoms with Crippen molar-refractivity contribution in [2.45, 2.75) is 6.92 Å². The summed E-state index contributed by atoms with van der Waals surface area (Å²) in [4.78, 5) is 11.6. The first kappa shape index (κ1) is 32.6. The fourth-order valence-electron chi connectivity index (χ4n) is 7.36. The summed E-state index contributed by atoms with van der Waals surface area (Å²) in [6, 6.07) is 57.2. The van der Waals surface area contributed by atoms with E-state index in [9.17, 15) is 10.5 Å². The van der Waals surface area contributed by atoms with Crippen molar-refractivity contribution in [2.75, 3.05) is 4.90 Å². The summed E-state index contributed by atoms with van der Waals surface area (Å²) in [5, 5.41) is 23.4. The Hall–Kier alpha value is -8.00. The van der Waals surface area contributed by atoms with Gasteiger partial charge < -0.3 is 13.7 Å². The zero-order chi connectivity index (χ0) is 37.8. The molecule has 0 aliphatic rings. The molecule has 2 aromatic heterocycles. The minimum Gasteiger partial charge on any atom is -0.436 e. The van der Waals surface area contributed by atoms with Crippen LogP contribution < -0.4 is 4.90 Å². The monoisotopic (exact) mass is 719 g/mol. The summed E-state index contributed by atoms with van der Waals surface area (Å²) in [7, 11) is 0. The number of aromatic nitrogens is 2. The van der Waals surface area contributed by atoms with Gasteiger partial charge in [-0.15, -0.1) is 0 Å². The highest BCUT2D eigenvalue weighted by atomic mass is 16.4. The van der Waals surface area contributed by atoms with Crippen LogP contribution in [0, 0.1) is 29.6 Å². The molecule has 0 N–H and O–H groups in total. The molecule has 0 saturated heterocycles. The van der Waals surface area contributed by atoms with Crippen LogP contribution in [-0.2, 0) is 0 Å². The number of nitriles is 2. The van der Waals surface area contributed by atoms with Crippen molar-refractivity contribution in [3.8, 4) is 46.2 Å². The molecule has 0 amide bonds. The first-order valence-electron chi connectivity index (χ1n) is 18.2. The molecule has 56 heavy (non-hydrogen) atoms. The van der Waals surface area contributed by atoms with E-state index < -0.39 is 0 Å². The predicted molar refractivity (Wildman–Crippen MR) is 222 cm³/mol. The van der Waals surface area contributed by atoms with Gasteiger partial charge in [-0.3, -0.25) is 0 Å². The fraction of sp³-hybridized carbons (Fsp3) is 0.0204. The Labute approximate surface area is 321 Å². The van der Waals surface area contributed by atoms with E-state index in [0.29, 0.717) is 34.0 Å². The van der Waals surface area contributed by atoms with Gasteiger partial charge in [-0.05, 0) is 154 Å². The summed E-state index contributed by atoms with van der Waals surface area (Å²) in [5.41, 5.74) is 11.8. The summed E-state index contributed by atoms with van der Waals surface area (Å²) < 4.78 is 12.2. The number of rotatable bonds is 6. The number of fused-ring (bicyclic) bond motifs is 4. The number of aryl methyl sites for hydroxylation is 1. The maximum Gasteiger partial charge on any atom is 0.227 e. The molecule has 8 aromatic carbocycles. The Morgan fingerprint density at radius 2 is 1.07 bits per heavy atom. The van der Waals surface area contributed by atoms with Gasteiger partial charge in [0.2, 0.25) is 11.8 Å². The molecule has 0 fully saturated rings. The summed E-state index contributed by atoms with van der Waals surface area (Å²) in [6.07, 6.45) is 0. The van der Waals surface area contributed by atoms with E-state index in [1.165, 1.54) is 0 Å². The average Bonchev–Trinajstić information content (AvgIpc) is 3.88.